The Kier molecular flexibility index (Phi) is 3.85. The van der Waals surface area contributed by atoms with E-state index >= 15 is 0 Å². The lowest BCUT2D eigenvalue weighted by molar-refractivity contribution is -0.137. The van der Waals surface area contributed by atoms with E-state index < -0.39 is 6.10 Å². The molecule has 6 heteroatoms. The van der Waals surface area contributed by atoms with E-state index in [1.807, 2.05) is 35.2 Å². The first-order valence-electron chi connectivity index (χ1n) is 7.10. The Morgan fingerprint density at radius 2 is 2.00 bits per heavy atom. The van der Waals surface area contributed by atoms with Gasteiger partial charge in [0.05, 0.1) is 18.4 Å². The number of rotatable bonds is 4. The highest BCUT2D eigenvalue weighted by atomic mass is 16.5. The lowest BCUT2D eigenvalue weighted by Crippen LogP contribution is -2.39. The van der Waals surface area contributed by atoms with Crippen LogP contribution in [0.5, 0.6) is 5.75 Å². The normalized spacial score (nSPS) is 19.5. The summed E-state index contributed by atoms with van der Waals surface area (Å²) in [4.78, 5) is 15.9. The molecule has 1 aromatic carbocycles. The zero-order valence-corrected chi connectivity index (χ0v) is 11.9. The summed E-state index contributed by atoms with van der Waals surface area (Å²) in [5.74, 6) is 0.719. The van der Waals surface area contributed by atoms with Crippen LogP contribution in [0.15, 0.2) is 42.7 Å². The van der Waals surface area contributed by atoms with E-state index in [1.54, 1.807) is 24.1 Å². The van der Waals surface area contributed by atoms with Gasteiger partial charge in [-0.3, -0.25) is 4.79 Å². The Bertz CT molecular complexity index is 585. The molecule has 0 aliphatic carbocycles. The maximum atomic E-state index is 12.4. The van der Waals surface area contributed by atoms with Crippen molar-refractivity contribution in [2.75, 3.05) is 13.1 Å². The summed E-state index contributed by atoms with van der Waals surface area (Å²) in [7, 11) is 0. The second-order valence-electron chi connectivity index (χ2n) is 5.15. The van der Waals surface area contributed by atoms with Gasteiger partial charge >= 0.3 is 0 Å². The van der Waals surface area contributed by atoms with E-state index in [-0.39, 0.29) is 11.9 Å². The van der Waals surface area contributed by atoms with Crippen molar-refractivity contribution in [3.63, 3.8) is 0 Å². The lowest BCUT2D eigenvalue weighted by Gasteiger charge is -2.21. The fourth-order valence-electron chi connectivity index (χ4n) is 2.56. The summed E-state index contributed by atoms with van der Waals surface area (Å²) >= 11 is 0. The predicted octanol–water partition coefficient (Wildman–Crippen LogP) is 1.52. The molecule has 3 rings (SSSR count). The van der Waals surface area contributed by atoms with E-state index in [2.05, 4.69) is 10.2 Å². The molecular weight excluding hydrogens is 268 g/mol. The van der Waals surface area contributed by atoms with Crippen LogP contribution in [0.3, 0.4) is 0 Å². The Hall–Kier alpha value is -2.37. The summed E-state index contributed by atoms with van der Waals surface area (Å²) in [6.45, 7) is 3.14. The van der Waals surface area contributed by atoms with Crippen LogP contribution in [0, 0.1) is 0 Å². The fraction of sp³-hybridized carbons (Fsp3) is 0.400. The Morgan fingerprint density at radius 1 is 1.29 bits per heavy atom. The maximum Gasteiger partial charge on any atom is 0.263 e. The molecule has 1 aliphatic heterocycles. The van der Waals surface area contributed by atoms with Crippen molar-refractivity contribution in [1.82, 2.24) is 19.9 Å². The predicted molar refractivity (Wildman–Crippen MR) is 76.8 cm³/mol. The van der Waals surface area contributed by atoms with Crippen LogP contribution in [-0.4, -0.2) is 45.0 Å². The van der Waals surface area contributed by atoms with Gasteiger partial charge in [-0.2, -0.15) is 15.0 Å². The van der Waals surface area contributed by atoms with Gasteiger partial charge in [0.25, 0.3) is 5.91 Å². The monoisotopic (exact) mass is 286 g/mol. The van der Waals surface area contributed by atoms with Gasteiger partial charge in [0.2, 0.25) is 0 Å². The van der Waals surface area contributed by atoms with E-state index in [0.717, 1.165) is 6.42 Å². The van der Waals surface area contributed by atoms with Gasteiger partial charge in [-0.15, -0.1) is 0 Å². The smallest absolute Gasteiger partial charge is 0.263 e. The number of para-hydroxylation sites is 1. The molecule has 2 heterocycles. The van der Waals surface area contributed by atoms with Gasteiger partial charge in [-0.05, 0) is 25.5 Å². The first-order chi connectivity index (χ1) is 10.2. The summed E-state index contributed by atoms with van der Waals surface area (Å²) in [6, 6.07) is 9.56. The average molecular weight is 286 g/mol. The number of benzene rings is 1. The average Bonchev–Trinajstić information content (AvgIpc) is 3.18. The molecule has 1 aliphatic rings. The van der Waals surface area contributed by atoms with Crippen LogP contribution in [0.2, 0.25) is 0 Å². The second kappa shape index (κ2) is 5.95. The third-order valence-corrected chi connectivity index (χ3v) is 3.64. The van der Waals surface area contributed by atoms with Crippen molar-refractivity contribution >= 4 is 5.91 Å². The SMILES string of the molecule is CC(Oc1ccccc1)C(=O)N1CCC(n2nccn2)C1. The Balaban J connectivity index is 1.58. The van der Waals surface area contributed by atoms with Gasteiger partial charge < -0.3 is 9.64 Å². The number of ether oxygens (including phenoxy) is 1. The van der Waals surface area contributed by atoms with Crippen molar-refractivity contribution in [2.45, 2.75) is 25.5 Å². The number of hydrogen-bond acceptors (Lipinski definition) is 4. The molecule has 0 N–H and O–H groups in total. The number of amides is 1. The topological polar surface area (TPSA) is 60.2 Å². The summed E-state index contributed by atoms with van der Waals surface area (Å²) in [5, 5.41) is 8.28. The van der Waals surface area contributed by atoms with Crippen molar-refractivity contribution in [1.29, 1.82) is 0 Å². The molecule has 0 saturated carbocycles. The zero-order chi connectivity index (χ0) is 14.7. The van der Waals surface area contributed by atoms with E-state index in [4.69, 9.17) is 4.74 Å². The minimum absolute atomic E-state index is 0.00788. The van der Waals surface area contributed by atoms with Gasteiger partial charge in [-0.1, -0.05) is 18.2 Å². The molecule has 2 unspecified atom stereocenters. The summed E-state index contributed by atoms with van der Waals surface area (Å²) in [5.41, 5.74) is 0. The molecule has 2 atom stereocenters. The van der Waals surface area contributed by atoms with Gasteiger partial charge in [-0.25, -0.2) is 0 Å². The number of aromatic nitrogens is 3. The summed E-state index contributed by atoms with van der Waals surface area (Å²) < 4.78 is 5.69. The largest absolute Gasteiger partial charge is 0.481 e. The standard InChI is InChI=1S/C15H18N4O2/c1-12(21-14-5-3-2-4-6-14)15(20)18-10-7-13(11-18)19-16-8-9-17-19/h2-6,8-9,12-13H,7,10-11H2,1H3. The highest BCUT2D eigenvalue weighted by molar-refractivity contribution is 5.81. The first kappa shape index (κ1) is 13.6. The van der Waals surface area contributed by atoms with Crippen molar-refractivity contribution in [3.8, 4) is 5.75 Å². The number of nitrogens with zero attached hydrogens (tertiary/aromatic N) is 4. The minimum Gasteiger partial charge on any atom is -0.481 e. The Labute approximate surface area is 123 Å². The second-order valence-corrected chi connectivity index (χ2v) is 5.15. The zero-order valence-electron chi connectivity index (χ0n) is 11.9. The van der Waals surface area contributed by atoms with Crippen LogP contribution in [0.25, 0.3) is 0 Å². The molecule has 1 saturated heterocycles. The maximum absolute atomic E-state index is 12.4. The molecule has 1 amide bonds. The molecule has 21 heavy (non-hydrogen) atoms. The lowest BCUT2D eigenvalue weighted by atomic mass is 10.3. The number of carbonyl (C=O) groups excluding carboxylic acids is 1. The van der Waals surface area contributed by atoms with Crippen LogP contribution >= 0.6 is 0 Å². The molecular formula is C15H18N4O2. The molecule has 1 aromatic heterocycles. The molecule has 2 aromatic rings. The molecule has 6 nitrogen and oxygen atoms in total. The molecule has 0 bridgehead atoms. The minimum atomic E-state index is -0.489. The first-order valence-corrected chi connectivity index (χ1v) is 7.10. The van der Waals surface area contributed by atoms with Crippen LogP contribution in [-0.2, 0) is 4.79 Å². The number of hydrogen-bond donors (Lipinski definition) is 0. The molecule has 110 valence electrons. The quantitative estimate of drug-likeness (QED) is 0.855. The van der Waals surface area contributed by atoms with E-state index in [9.17, 15) is 4.79 Å². The van der Waals surface area contributed by atoms with Gasteiger partial charge in [0.15, 0.2) is 6.10 Å². The van der Waals surface area contributed by atoms with Gasteiger partial charge in [0.1, 0.15) is 5.75 Å². The van der Waals surface area contributed by atoms with Crippen molar-refractivity contribution in [3.05, 3.63) is 42.7 Å². The summed E-state index contributed by atoms with van der Waals surface area (Å²) in [6.07, 6.45) is 3.70. The van der Waals surface area contributed by atoms with E-state index in [0.29, 0.717) is 18.8 Å². The highest BCUT2D eigenvalue weighted by Gasteiger charge is 2.31. The number of carbonyl (C=O) groups is 1. The van der Waals surface area contributed by atoms with Crippen LogP contribution in [0.1, 0.15) is 19.4 Å². The fourth-order valence-corrected chi connectivity index (χ4v) is 2.56. The number of likely N-dealkylation sites (tertiary alicyclic amines) is 1. The van der Waals surface area contributed by atoms with Gasteiger partial charge in [0, 0.05) is 13.1 Å². The van der Waals surface area contributed by atoms with Crippen molar-refractivity contribution in [2.24, 2.45) is 0 Å². The third kappa shape index (κ3) is 3.04. The molecule has 1 fully saturated rings. The van der Waals surface area contributed by atoms with Crippen LogP contribution < -0.4 is 4.74 Å². The van der Waals surface area contributed by atoms with Crippen molar-refractivity contribution < 1.29 is 9.53 Å². The third-order valence-electron chi connectivity index (χ3n) is 3.64. The molecule has 0 spiro atoms. The Morgan fingerprint density at radius 3 is 2.71 bits per heavy atom. The molecule has 0 radical (unpaired) electrons. The van der Waals surface area contributed by atoms with E-state index in [1.165, 1.54) is 0 Å². The van der Waals surface area contributed by atoms with Crippen LogP contribution in [0.4, 0.5) is 0 Å². The highest BCUT2D eigenvalue weighted by Crippen LogP contribution is 2.21.